The zero-order valence-corrected chi connectivity index (χ0v) is 10.8. The summed E-state index contributed by atoms with van der Waals surface area (Å²) in [5.74, 6) is -0.338. The summed E-state index contributed by atoms with van der Waals surface area (Å²) in [4.78, 5) is 11.9. The lowest BCUT2D eigenvalue weighted by atomic mass is 10.1. The van der Waals surface area contributed by atoms with Gasteiger partial charge in [0, 0.05) is 6.07 Å². The molecule has 0 unspecified atom stereocenters. The maximum absolute atomic E-state index is 12.7. The van der Waals surface area contributed by atoms with E-state index in [9.17, 15) is 14.3 Å². The molecule has 2 rings (SSSR count). The molecule has 102 valence electrons. The van der Waals surface area contributed by atoms with E-state index in [-0.39, 0.29) is 22.9 Å². The number of halogens is 1. The van der Waals surface area contributed by atoms with Crippen LogP contribution in [-0.2, 0) is 0 Å². The lowest BCUT2D eigenvalue weighted by molar-refractivity contribution is 0.104. The molecule has 0 amide bonds. The minimum absolute atomic E-state index is 0.141. The fraction of sp³-hybridized carbons (Fsp3) is 0.0625. The molecule has 2 aromatic carbocycles. The Morgan fingerprint density at radius 2 is 1.90 bits per heavy atom. The number of carbonyl (C=O) groups excluding carboxylic acids is 1. The van der Waals surface area contributed by atoms with Gasteiger partial charge in [0.05, 0.1) is 12.7 Å². The van der Waals surface area contributed by atoms with Crippen LogP contribution in [0.1, 0.15) is 15.9 Å². The van der Waals surface area contributed by atoms with Crippen molar-refractivity contribution < 1.29 is 19.0 Å². The topological polar surface area (TPSA) is 46.5 Å². The number of aromatic hydroxyl groups is 1. The number of carbonyl (C=O) groups is 1. The quantitative estimate of drug-likeness (QED) is 0.685. The first kappa shape index (κ1) is 13.8. The van der Waals surface area contributed by atoms with E-state index in [1.54, 1.807) is 24.3 Å². The first-order valence-corrected chi connectivity index (χ1v) is 5.95. The molecule has 0 atom stereocenters. The van der Waals surface area contributed by atoms with Gasteiger partial charge in [0.2, 0.25) is 0 Å². The van der Waals surface area contributed by atoms with E-state index >= 15 is 0 Å². The third-order valence-corrected chi connectivity index (χ3v) is 2.77. The zero-order chi connectivity index (χ0) is 14.5. The maximum atomic E-state index is 12.7. The average molecular weight is 272 g/mol. The van der Waals surface area contributed by atoms with Gasteiger partial charge in [-0.25, -0.2) is 4.39 Å². The van der Waals surface area contributed by atoms with Gasteiger partial charge in [0.15, 0.2) is 5.78 Å². The Morgan fingerprint density at radius 1 is 1.20 bits per heavy atom. The molecular formula is C16H13FO3. The van der Waals surface area contributed by atoms with Crippen molar-refractivity contribution in [2.75, 3.05) is 7.11 Å². The van der Waals surface area contributed by atoms with Crippen LogP contribution in [0.3, 0.4) is 0 Å². The van der Waals surface area contributed by atoms with Gasteiger partial charge in [-0.3, -0.25) is 4.79 Å². The summed E-state index contributed by atoms with van der Waals surface area (Å²) in [6.45, 7) is 0. The fourth-order valence-electron chi connectivity index (χ4n) is 1.68. The van der Waals surface area contributed by atoms with Crippen LogP contribution in [0, 0.1) is 5.82 Å². The van der Waals surface area contributed by atoms with Crippen LogP contribution in [0.15, 0.2) is 48.5 Å². The van der Waals surface area contributed by atoms with E-state index in [0.717, 1.165) is 0 Å². The predicted octanol–water partition coefficient (Wildman–Crippen LogP) is 3.44. The lowest BCUT2D eigenvalue weighted by Gasteiger charge is -2.03. The first-order chi connectivity index (χ1) is 9.60. The summed E-state index contributed by atoms with van der Waals surface area (Å²) in [5, 5.41) is 9.74. The van der Waals surface area contributed by atoms with Crippen LogP contribution in [0.2, 0.25) is 0 Å². The molecule has 0 radical (unpaired) electrons. The SMILES string of the molecule is COc1ccc(C(=O)/C=C/c2ccc(F)cc2)c(O)c1. The molecule has 0 spiro atoms. The van der Waals surface area contributed by atoms with Crippen LogP contribution >= 0.6 is 0 Å². The van der Waals surface area contributed by atoms with Crippen molar-refractivity contribution in [1.82, 2.24) is 0 Å². The van der Waals surface area contributed by atoms with E-state index in [1.807, 2.05) is 0 Å². The Hall–Kier alpha value is -2.62. The summed E-state index contributed by atoms with van der Waals surface area (Å²) in [5.41, 5.74) is 0.886. The van der Waals surface area contributed by atoms with E-state index in [2.05, 4.69) is 0 Å². The molecule has 0 fully saturated rings. The van der Waals surface area contributed by atoms with Crippen LogP contribution in [0.25, 0.3) is 6.08 Å². The van der Waals surface area contributed by atoms with Crippen molar-refractivity contribution in [2.45, 2.75) is 0 Å². The van der Waals surface area contributed by atoms with Gasteiger partial charge in [-0.2, -0.15) is 0 Å². The Bertz CT molecular complexity index is 645. The molecule has 0 aliphatic carbocycles. The molecule has 0 heterocycles. The van der Waals surface area contributed by atoms with Gasteiger partial charge in [0.25, 0.3) is 0 Å². The fourth-order valence-corrected chi connectivity index (χ4v) is 1.68. The number of benzene rings is 2. The largest absolute Gasteiger partial charge is 0.507 e. The van der Waals surface area contributed by atoms with Crippen molar-refractivity contribution >= 4 is 11.9 Å². The van der Waals surface area contributed by atoms with Gasteiger partial charge >= 0.3 is 0 Å². The van der Waals surface area contributed by atoms with E-state index in [1.165, 1.54) is 37.5 Å². The molecule has 20 heavy (non-hydrogen) atoms. The first-order valence-electron chi connectivity index (χ1n) is 5.95. The number of methoxy groups -OCH3 is 1. The van der Waals surface area contributed by atoms with Crippen LogP contribution in [-0.4, -0.2) is 18.0 Å². The monoisotopic (exact) mass is 272 g/mol. The molecule has 0 aliphatic rings. The summed E-state index contributed by atoms with van der Waals surface area (Å²) in [7, 11) is 1.48. The average Bonchev–Trinajstić information content (AvgIpc) is 2.46. The highest BCUT2D eigenvalue weighted by Gasteiger charge is 2.09. The van der Waals surface area contributed by atoms with Crippen LogP contribution in [0.4, 0.5) is 4.39 Å². The van der Waals surface area contributed by atoms with Crippen molar-refractivity contribution in [3.8, 4) is 11.5 Å². The molecule has 1 N–H and O–H groups in total. The summed E-state index contributed by atoms with van der Waals surface area (Å²) < 4.78 is 17.7. The molecule has 0 bridgehead atoms. The smallest absolute Gasteiger partial charge is 0.189 e. The number of rotatable bonds is 4. The second-order valence-electron chi connectivity index (χ2n) is 4.13. The molecule has 0 saturated carbocycles. The summed E-state index contributed by atoms with van der Waals surface area (Å²) in [6.07, 6.45) is 2.89. The van der Waals surface area contributed by atoms with Gasteiger partial charge < -0.3 is 9.84 Å². The molecule has 3 nitrogen and oxygen atoms in total. The number of hydrogen-bond donors (Lipinski definition) is 1. The molecule has 0 aromatic heterocycles. The van der Waals surface area contributed by atoms with Gasteiger partial charge in [0.1, 0.15) is 17.3 Å². The second kappa shape index (κ2) is 6.02. The van der Waals surface area contributed by atoms with Gasteiger partial charge in [-0.1, -0.05) is 18.2 Å². The van der Waals surface area contributed by atoms with Crippen LogP contribution in [0.5, 0.6) is 11.5 Å². The van der Waals surface area contributed by atoms with Gasteiger partial charge in [-0.15, -0.1) is 0 Å². The minimum Gasteiger partial charge on any atom is -0.507 e. The zero-order valence-electron chi connectivity index (χ0n) is 10.8. The number of ketones is 1. The molecular weight excluding hydrogens is 259 g/mol. The number of hydrogen-bond acceptors (Lipinski definition) is 3. The normalized spacial score (nSPS) is 10.7. The van der Waals surface area contributed by atoms with E-state index in [0.29, 0.717) is 11.3 Å². The molecule has 2 aromatic rings. The minimum atomic E-state index is -0.338. The van der Waals surface area contributed by atoms with Crippen molar-refractivity contribution in [2.24, 2.45) is 0 Å². The lowest BCUT2D eigenvalue weighted by Crippen LogP contribution is -1.95. The van der Waals surface area contributed by atoms with Crippen LogP contribution < -0.4 is 4.74 Å². The third-order valence-electron chi connectivity index (χ3n) is 2.77. The molecule has 0 saturated heterocycles. The van der Waals surface area contributed by atoms with Crippen molar-refractivity contribution in [1.29, 1.82) is 0 Å². The highest BCUT2D eigenvalue weighted by molar-refractivity contribution is 6.08. The predicted molar refractivity (Wildman–Crippen MR) is 74.4 cm³/mol. The van der Waals surface area contributed by atoms with E-state index in [4.69, 9.17) is 4.74 Å². The molecule has 4 heteroatoms. The third kappa shape index (κ3) is 3.23. The van der Waals surface area contributed by atoms with Gasteiger partial charge in [-0.05, 0) is 35.9 Å². The highest BCUT2D eigenvalue weighted by Crippen LogP contribution is 2.24. The summed E-state index contributed by atoms with van der Waals surface area (Å²) in [6, 6.07) is 10.2. The Labute approximate surface area is 115 Å². The summed E-state index contributed by atoms with van der Waals surface area (Å²) >= 11 is 0. The maximum Gasteiger partial charge on any atom is 0.189 e. The Kier molecular flexibility index (Phi) is 4.15. The number of phenolic OH excluding ortho intramolecular Hbond substituents is 1. The number of ether oxygens (including phenoxy) is 1. The van der Waals surface area contributed by atoms with Crippen molar-refractivity contribution in [3.05, 3.63) is 65.5 Å². The molecule has 0 aliphatic heterocycles. The number of allylic oxidation sites excluding steroid dienone is 1. The Morgan fingerprint density at radius 3 is 2.50 bits per heavy atom. The van der Waals surface area contributed by atoms with Crippen molar-refractivity contribution in [3.63, 3.8) is 0 Å². The second-order valence-corrected chi connectivity index (χ2v) is 4.13. The highest BCUT2D eigenvalue weighted by atomic mass is 19.1. The van der Waals surface area contributed by atoms with E-state index < -0.39 is 0 Å². The number of phenols is 1. The standard InChI is InChI=1S/C16H13FO3/c1-20-13-7-8-14(16(19)10-13)15(18)9-4-11-2-5-12(17)6-3-11/h2-10,19H,1H3/b9-4+. The Balaban J connectivity index is 2.17.